The fourth-order valence-corrected chi connectivity index (χ4v) is 2.67. The number of guanidine groups is 1. The summed E-state index contributed by atoms with van der Waals surface area (Å²) < 4.78 is 2.81. The highest BCUT2D eigenvalue weighted by Gasteiger charge is 2.10. The van der Waals surface area contributed by atoms with Crippen molar-refractivity contribution in [3.63, 3.8) is 0 Å². The first kappa shape index (κ1) is 16.5. The molecule has 2 aromatic rings. The number of aliphatic imine (C=N–C) groups is 1. The molecule has 1 atom stereocenters. The Morgan fingerprint density at radius 1 is 1.41 bits per heavy atom. The molecule has 0 saturated carbocycles. The van der Waals surface area contributed by atoms with E-state index in [4.69, 9.17) is 0 Å². The number of hydrogen-bond acceptors (Lipinski definition) is 3. The van der Waals surface area contributed by atoms with E-state index in [9.17, 15) is 0 Å². The van der Waals surface area contributed by atoms with E-state index in [1.165, 1.54) is 11.9 Å². The molecule has 1 unspecified atom stereocenters. The largest absolute Gasteiger partial charge is 0.357 e. The van der Waals surface area contributed by atoms with Gasteiger partial charge in [0, 0.05) is 18.1 Å². The average Bonchev–Trinajstić information content (AvgIpc) is 2.90. The smallest absolute Gasteiger partial charge is 0.192 e. The van der Waals surface area contributed by atoms with E-state index in [-0.39, 0.29) is 6.04 Å². The SMILES string of the molecule is CCNC(=NCc1ncnn1C)NC(C)c1ccccc1Br. The molecule has 2 rings (SSSR count). The molecule has 0 aliphatic heterocycles. The number of aromatic nitrogens is 3. The number of rotatable bonds is 5. The lowest BCUT2D eigenvalue weighted by Gasteiger charge is -2.19. The van der Waals surface area contributed by atoms with Crippen molar-refractivity contribution in [3.8, 4) is 0 Å². The van der Waals surface area contributed by atoms with Crippen LogP contribution in [0.2, 0.25) is 0 Å². The molecule has 118 valence electrons. The molecule has 1 aromatic heterocycles. The van der Waals surface area contributed by atoms with Crippen molar-refractivity contribution in [1.82, 2.24) is 25.4 Å². The quantitative estimate of drug-likeness (QED) is 0.631. The van der Waals surface area contributed by atoms with Crippen LogP contribution in [-0.4, -0.2) is 27.3 Å². The molecule has 0 amide bonds. The number of aryl methyl sites for hydroxylation is 1. The molecule has 1 heterocycles. The van der Waals surface area contributed by atoms with E-state index in [2.05, 4.69) is 54.6 Å². The highest BCUT2D eigenvalue weighted by molar-refractivity contribution is 9.10. The van der Waals surface area contributed by atoms with Crippen LogP contribution in [0.15, 0.2) is 40.1 Å². The van der Waals surface area contributed by atoms with Gasteiger partial charge >= 0.3 is 0 Å². The fourth-order valence-electron chi connectivity index (χ4n) is 2.04. The van der Waals surface area contributed by atoms with Gasteiger partial charge in [0.05, 0.1) is 6.04 Å². The van der Waals surface area contributed by atoms with E-state index >= 15 is 0 Å². The summed E-state index contributed by atoms with van der Waals surface area (Å²) in [5.41, 5.74) is 1.19. The maximum absolute atomic E-state index is 4.57. The predicted molar refractivity (Wildman–Crippen MR) is 91.5 cm³/mol. The molecule has 0 fully saturated rings. The normalized spacial score (nSPS) is 13.0. The van der Waals surface area contributed by atoms with Crippen molar-refractivity contribution in [2.75, 3.05) is 6.54 Å². The van der Waals surface area contributed by atoms with Crippen LogP contribution in [0.1, 0.15) is 31.3 Å². The minimum atomic E-state index is 0.132. The zero-order valence-corrected chi connectivity index (χ0v) is 14.6. The Morgan fingerprint density at radius 2 is 2.18 bits per heavy atom. The molecule has 2 N–H and O–H groups in total. The van der Waals surface area contributed by atoms with Gasteiger partial charge in [-0.3, -0.25) is 4.68 Å². The lowest BCUT2D eigenvalue weighted by molar-refractivity contribution is 0.671. The maximum Gasteiger partial charge on any atom is 0.192 e. The second-order valence-corrected chi connectivity index (χ2v) is 5.74. The molecule has 22 heavy (non-hydrogen) atoms. The third kappa shape index (κ3) is 4.30. The summed E-state index contributed by atoms with van der Waals surface area (Å²) in [7, 11) is 1.86. The van der Waals surface area contributed by atoms with Gasteiger partial charge in [-0.2, -0.15) is 5.10 Å². The summed E-state index contributed by atoms with van der Waals surface area (Å²) in [5.74, 6) is 1.58. The van der Waals surface area contributed by atoms with Crippen molar-refractivity contribution in [1.29, 1.82) is 0 Å². The van der Waals surface area contributed by atoms with Gasteiger partial charge in [0.2, 0.25) is 0 Å². The van der Waals surface area contributed by atoms with Crippen LogP contribution < -0.4 is 10.6 Å². The second-order valence-electron chi connectivity index (χ2n) is 4.88. The van der Waals surface area contributed by atoms with Crippen LogP contribution in [0, 0.1) is 0 Å². The number of hydrogen-bond donors (Lipinski definition) is 2. The molecular weight excluding hydrogens is 344 g/mol. The van der Waals surface area contributed by atoms with Crippen molar-refractivity contribution in [2.24, 2.45) is 12.0 Å². The summed E-state index contributed by atoms with van der Waals surface area (Å²) in [5, 5.41) is 10.7. The van der Waals surface area contributed by atoms with Gasteiger partial charge in [-0.25, -0.2) is 9.98 Å². The van der Waals surface area contributed by atoms with Gasteiger partial charge in [-0.05, 0) is 25.5 Å². The monoisotopic (exact) mass is 364 g/mol. The fraction of sp³-hybridized carbons (Fsp3) is 0.400. The van der Waals surface area contributed by atoms with E-state index in [1.807, 2.05) is 32.2 Å². The van der Waals surface area contributed by atoms with Gasteiger partial charge in [-0.1, -0.05) is 34.1 Å². The summed E-state index contributed by atoms with van der Waals surface area (Å²) in [6, 6.07) is 8.30. The van der Waals surface area contributed by atoms with Crippen LogP contribution in [0.3, 0.4) is 0 Å². The lowest BCUT2D eigenvalue weighted by Crippen LogP contribution is -2.38. The first-order chi connectivity index (χ1) is 10.6. The van der Waals surface area contributed by atoms with Crippen LogP contribution >= 0.6 is 15.9 Å². The van der Waals surface area contributed by atoms with E-state index in [0.717, 1.165) is 22.8 Å². The van der Waals surface area contributed by atoms with E-state index in [0.29, 0.717) is 6.54 Å². The minimum Gasteiger partial charge on any atom is -0.357 e. The van der Waals surface area contributed by atoms with Crippen molar-refractivity contribution in [2.45, 2.75) is 26.4 Å². The third-order valence-corrected chi connectivity index (χ3v) is 3.98. The van der Waals surface area contributed by atoms with Crippen molar-refractivity contribution >= 4 is 21.9 Å². The standard InChI is InChI=1S/C15H21BrN6/c1-4-17-15(18-9-14-19-10-20-22(14)3)21-11(2)12-7-5-6-8-13(12)16/h5-8,10-11H,4,9H2,1-3H3,(H2,17,18,21). The Kier molecular flexibility index (Phi) is 5.94. The lowest BCUT2D eigenvalue weighted by atomic mass is 10.1. The molecule has 0 aliphatic carbocycles. The Labute approximate surface area is 139 Å². The van der Waals surface area contributed by atoms with Gasteiger partial charge in [0.25, 0.3) is 0 Å². The summed E-state index contributed by atoms with van der Waals surface area (Å²) in [6.45, 7) is 5.43. The predicted octanol–water partition coefficient (Wildman–Crippen LogP) is 2.39. The molecule has 0 bridgehead atoms. The molecule has 7 heteroatoms. The van der Waals surface area contributed by atoms with Crippen LogP contribution in [0.5, 0.6) is 0 Å². The molecule has 0 spiro atoms. The van der Waals surface area contributed by atoms with Gasteiger partial charge in [-0.15, -0.1) is 0 Å². The summed E-state index contributed by atoms with van der Waals surface area (Å²) >= 11 is 3.58. The summed E-state index contributed by atoms with van der Waals surface area (Å²) in [6.07, 6.45) is 1.54. The van der Waals surface area contributed by atoms with Gasteiger partial charge < -0.3 is 10.6 Å². The second kappa shape index (κ2) is 7.93. The van der Waals surface area contributed by atoms with Crippen LogP contribution in [0.4, 0.5) is 0 Å². The summed E-state index contributed by atoms with van der Waals surface area (Å²) in [4.78, 5) is 8.75. The first-order valence-electron chi connectivity index (χ1n) is 7.24. The number of nitrogens with zero attached hydrogens (tertiary/aromatic N) is 4. The Balaban J connectivity index is 2.08. The molecule has 1 aromatic carbocycles. The highest BCUT2D eigenvalue weighted by Crippen LogP contribution is 2.22. The number of benzene rings is 1. The first-order valence-corrected chi connectivity index (χ1v) is 8.03. The zero-order chi connectivity index (χ0) is 15.9. The maximum atomic E-state index is 4.57. The highest BCUT2D eigenvalue weighted by atomic mass is 79.9. The molecule has 0 aliphatic rings. The van der Waals surface area contributed by atoms with E-state index < -0.39 is 0 Å². The average molecular weight is 365 g/mol. The van der Waals surface area contributed by atoms with Crippen molar-refractivity contribution < 1.29 is 0 Å². The third-order valence-electron chi connectivity index (χ3n) is 3.25. The molecule has 0 saturated heterocycles. The molecule has 0 radical (unpaired) electrons. The molecule has 6 nitrogen and oxygen atoms in total. The van der Waals surface area contributed by atoms with Gasteiger partial charge in [0.15, 0.2) is 5.96 Å². The van der Waals surface area contributed by atoms with Crippen LogP contribution in [-0.2, 0) is 13.6 Å². The minimum absolute atomic E-state index is 0.132. The van der Waals surface area contributed by atoms with Gasteiger partial charge in [0.1, 0.15) is 18.7 Å². The van der Waals surface area contributed by atoms with Crippen molar-refractivity contribution in [3.05, 3.63) is 46.5 Å². The number of halogens is 1. The molecular formula is C15H21BrN6. The zero-order valence-electron chi connectivity index (χ0n) is 13.0. The number of nitrogens with one attached hydrogen (secondary N) is 2. The Bertz CT molecular complexity index is 636. The Hall–Kier alpha value is -1.89. The topological polar surface area (TPSA) is 67.1 Å². The van der Waals surface area contributed by atoms with Crippen LogP contribution in [0.25, 0.3) is 0 Å². The Morgan fingerprint density at radius 3 is 2.82 bits per heavy atom. The van der Waals surface area contributed by atoms with E-state index in [1.54, 1.807) is 4.68 Å².